The zero-order chi connectivity index (χ0) is 53.4. The minimum Gasteiger partial charge on any atom is -0.465 e. The number of methoxy groups -OCH3 is 2. The van der Waals surface area contributed by atoms with Crippen LogP contribution in [0.25, 0.3) is 21.9 Å². The first kappa shape index (κ1) is 54.1. The number of aromatic amines is 1. The Labute approximate surface area is 431 Å². The number of nitrogens with two attached hydrogens (primary N) is 1. The van der Waals surface area contributed by atoms with Crippen molar-refractivity contribution in [3.8, 4) is 5.75 Å². The molecule has 2 aliphatic rings. The van der Waals surface area contributed by atoms with Gasteiger partial charge in [0.2, 0.25) is 17.7 Å². The lowest BCUT2D eigenvalue weighted by Gasteiger charge is -2.31. The molecule has 0 unspecified atom stereocenters. The number of furan rings is 1. The van der Waals surface area contributed by atoms with Gasteiger partial charge in [0.15, 0.2) is 11.5 Å². The fraction of sp³-hybridized carbons (Fsp3) is 0.412. The van der Waals surface area contributed by atoms with Crippen molar-refractivity contribution in [2.24, 2.45) is 11.7 Å². The number of hydrogen-bond donors (Lipinski definition) is 7. The molecule has 0 bridgehead atoms. The average molecular weight is 1040 g/mol. The summed E-state index contributed by atoms with van der Waals surface area (Å²) in [5.41, 5.74) is 8.61. The highest BCUT2D eigenvalue weighted by Crippen LogP contribution is 2.48. The van der Waals surface area contributed by atoms with Crippen molar-refractivity contribution in [1.82, 2.24) is 30.7 Å². The van der Waals surface area contributed by atoms with E-state index in [1.165, 1.54) is 43.4 Å². The number of anilines is 3. The number of H-pyrrole nitrogens is 1. The second kappa shape index (κ2) is 23.9. The van der Waals surface area contributed by atoms with Crippen LogP contribution in [0.4, 0.5) is 26.7 Å². The van der Waals surface area contributed by atoms with Crippen LogP contribution in [-0.4, -0.2) is 148 Å². The van der Waals surface area contributed by atoms with Crippen molar-refractivity contribution in [2.75, 3.05) is 88.6 Å². The lowest BCUT2D eigenvalue weighted by atomic mass is 9.95. The van der Waals surface area contributed by atoms with E-state index < -0.39 is 65.6 Å². The van der Waals surface area contributed by atoms with Gasteiger partial charge in [-0.15, -0.1) is 11.6 Å². The zero-order valence-electron chi connectivity index (χ0n) is 42.0. The van der Waals surface area contributed by atoms with E-state index in [0.717, 1.165) is 0 Å². The number of primary amides is 1. The van der Waals surface area contributed by atoms with Crippen LogP contribution in [0.2, 0.25) is 0 Å². The second-order valence-electron chi connectivity index (χ2n) is 18.5. The van der Waals surface area contributed by atoms with Gasteiger partial charge in [0, 0.05) is 104 Å². The van der Waals surface area contributed by atoms with Crippen LogP contribution in [0.1, 0.15) is 81.6 Å². The molecule has 394 valence electrons. The highest BCUT2D eigenvalue weighted by atomic mass is 35.5. The number of carbonyl (C=O) groups excluding carboxylic acids is 8. The van der Waals surface area contributed by atoms with Gasteiger partial charge in [-0.2, -0.15) is 0 Å². The van der Waals surface area contributed by atoms with E-state index in [1.54, 1.807) is 56.0 Å². The number of ether oxygens (including phenoxy) is 3. The molecule has 1 fully saturated rings. The maximum Gasteiger partial charge on any atom is 0.415 e. The second-order valence-corrected chi connectivity index (χ2v) is 18.8. The number of esters is 1. The molecular weight excluding hydrogens is 980 g/mol. The van der Waals surface area contributed by atoms with Crippen molar-refractivity contribution in [3.05, 3.63) is 82.7 Å². The number of nitrogens with zero attached hydrogens (tertiary/aromatic N) is 3. The molecule has 8 amide bonds. The van der Waals surface area contributed by atoms with Gasteiger partial charge >= 0.3 is 18.1 Å². The molecule has 7 rings (SSSR count). The molecule has 3 aromatic carbocycles. The van der Waals surface area contributed by atoms with E-state index in [9.17, 15) is 38.4 Å². The van der Waals surface area contributed by atoms with Gasteiger partial charge in [0.05, 0.1) is 30.5 Å². The van der Waals surface area contributed by atoms with Crippen LogP contribution >= 0.6 is 11.6 Å². The number of benzene rings is 3. The maximum atomic E-state index is 14.5. The molecule has 23 heteroatoms. The van der Waals surface area contributed by atoms with Gasteiger partial charge in [0.25, 0.3) is 11.8 Å². The molecule has 2 aromatic heterocycles. The molecule has 0 saturated carbocycles. The molecule has 0 radical (unpaired) electrons. The predicted molar refractivity (Wildman–Crippen MR) is 276 cm³/mol. The number of fused-ring (bicyclic) bond motifs is 4. The van der Waals surface area contributed by atoms with Crippen molar-refractivity contribution in [1.29, 1.82) is 0 Å². The predicted octanol–water partition coefficient (Wildman–Crippen LogP) is 5.04. The van der Waals surface area contributed by atoms with E-state index in [-0.39, 0.29) is 73.4 Å². The number of aryl methyl sites for hydroxylation is 1. The third-order valence-corrected chi connectivity index (χ3v) is 13.3. The summed E-state index contributed by atoms with van der Waals surface area (Å²) in [6.45, 7) is 7.91. The first-order valence-electron chi connectivity index (χ1n) is 24.1. The Kier molecular flexibility index (Phi) is 17.5. The molecule has 3 atom stereocenters. The number of urea groups is 1. The number of nitrogens with one attached hydrogen (secondary N) is 6. The van der Waals surface area contributed by atoms with Crippen molar-refractivity contribution in [2.45, 2.75) is 58.0 Å². The maximum absolute atomic E-state index is 14.5. The van der Waals surface area contributed by atoms with Gasteiger partial charge < -0.3 is 70.6 Å². The third kappa shape index (κ3) is 12.4. The summed E-state index contributed by atoms with van der Waals surface area (Å²) in [6.07, 6.45) is -0.129. The fourth-order valence-electron chi connectivity index (χ4n) is 8.95. The summed E-state index contributed by atoms with van der Waals surface area (Å²) in [5.74, 6) is -3.72. The lowest BCUT2D eigenvalue weighted by Crippen LogP contribution is -2.54. The Morgan fingerprint density at radius 3 is 2.28 bits per heavy atom. The Balaban J connectivity index is 1.06. The van der Waals surface area contributed by atoms with Crippen molar-refractivity contribution < 1.29 is 57.0 Å². The molecule has 8 N–H and O–H groups in total. The molecule has 0 spiro atoms. The number of hydrogen-bond acceptors (Lipinski definition) is 13. The summed E-state index contributed by atoms with van der Waals surface area (Å²) in [5, 5.41) is 14.4. The summed E-state index contributed by atoms with van der Waals surface area (Å²) in [4.78, 5) is 114. The highest BCUT2D eigenvalue weighted by molar-refractivity contribution is 6.20. The monoisotopic (exact) mass is 1040 g/mol. The van der Waals surface area contributed by atoms with Crippen LogP contribution in [-0.2, 0) is 23.9 Å². The quantitative estimate of drug-likeness (QED) is 0.0325. The molecule has 1 saturated heterocycles. The summed E-state index contributed by atoms with van der Waals surface area (Å²) in [6, 6.07) is 11.3. The number of carbonyl (C=O) groups is 8. The van der Waals surface area contributed by atoms with Crippen molar-refractivity contribution in [3.63, 3.8) is 0 Å². The van der Waals surface area contributed by atoms with Gasteiger partial charge in [-0.3, -0.25) is 24.0 Å². The summed E-state index contributed by atoms with van der Waals surface area (Å²) >= 11 is 6.58. The zero-order valence-corrected chi connectivity index (χ0v) is 42.7. The normalized spacial score (nSPS) is 15.3. The van der Waals surface area contributed by atoms with Gasteiger partial charge in [-0.25, -0.2) is 14.4 Å². The third-order valence-electron chi connectivity index (χ3n) is 12.9. The Morgan fingerprint density at radius 1 is 0.905 bits per heavy atom. The van der Waals surface area contributed by atoms with E-state index >= 15 is 0 Å². The minimum absolute atomic E-state index is 0.0228. The molecule has 74 heavy (non-hydrogen) atoms. The molecule has 5 aromatic rings. The van der Waals surface area contributed by atoms with Crippen LogP contribution in [0, 0.1) is 12.8 Å². The van der Waals surface area contributed by atoms with Crippen LogP contribution < -0.4 is 42.0 Å². The summed E-state index contributed by atoms with van der Waals surface area (Å²) < 4.78 is 22.2. The highest BCUT2D eigenvalue weighted by Gasteiger charge is 2.39. The number of halogens is 1. The van der Waals surface area contributed by atoms with E-state index in [2.05, 4.69) is 36.5 Å². The van der Waals surface area contributed by atoms with Gasteiger partial charge in [-0.05, 0) is 86.8 Å². The van der Waals surface area contributed by atoms with Crippen LogP contribution in [0.5, 0.6) is 5.75 Å². The van der Waals surface area contributed by atoms with Crippen molar-refractivity contribution >= 4 is 98.2 Å². The Bertz CT molecular complexity index is 2950. The first-order chi connectivity index (χ1) is 35.4. The number of likely N-dealkylation sites (N-methyl/N-ethyl adjacent to an activating group) is 1. The Morgan fingerprint density at radius 2 is 1.62 bits per heavy atom. The molecular formula is C51H61ClN10O12. The lowest BCUT2D eigenvalue weighted by molar-refractivity contribution is -0.132. The number of amides is 8. The standard InChI is InChI=1S/C51H61ClN10O12/c1-27(2)43(59-39(63)15-21-71-5)47(66)58-34(8-7-16-54-50(53)69)46(65)56-32-11-9-29(10-12-32)45(64)57-33-13-14-36-30(22-33)23-38(73-36)48(67)62-26-31(25-52)41-35(62)24-37(74-51(70)61-19-17-60(4)18-20-61)44-42(41)40(28(3)55-44)49(68)72-6/h9-14,22-24,27,31,34,43,55H,7-8,15-21,25-26H2,1-6H3,(H,56,65)(H,57,64)(H,58,66)(H,59,63)(H3,53,54,69)/t31-,34+,43+/m1/s1. The van der Waals surface area contributed by atoms with E-state index in [0.29, 0.717) is 76.4 Å². The molecule has 2 aliphatic heterocycles. The fourth-order valence-corrected chi connectivity index (χ4v) is 9.20. The number of alkyl halides is 1. The molecule has 0 aliphatic carbocycles. The first-order valence-corrected chi connectivity index (χ1v) is 24.6. The van der Waals surface area contributed by atoms with Crippen LogP contribution in [0.3, 0.4) is 0 Å². The number of rotatable bonds is 19. The molecule has 22 nitrogen and oxygen atoms in total. The molecule has 4 heterocycles. The largest absolute Gasteiger partial charge is 0.465 e. The Hall–Kier alpha value is -7.69. The topological polar surface area (TPSA) is 289 Å². The van der Waals surface area contributed by atoms with E-state index in [1.807, 2.05) is 7.05 Å². The van der Waals surface area contributed by atoms with E-state index in [4.69, 9.17) is 36.0 Å². The van der Waals surface area contributed by atoms with Gasteiger partial charge in [-0.1, -0.05) is 13.8 Å². The minimum atomic E-state index is -1.07. The number of piperazine rings is 1. The van der Waals surface area contributed by atoms with Crippen LogP contribution in [0.15, 0.2) is 59.0 Å². The SMILES string of the molecule is COCCC(=O)N[C@H](C(=O)N[C@@H](CCCNC(N)=O)C(=O)Nc1ccc(C(=O)Nc2ccc3oc(C(=O)N4C[C@@H](CCl)c5c4cc(OC(=O)N4CCN(C)CC4)c4[nH]c(C)c(C(=O)OC)c54)cc3c2)cc1)C(C)C. The number of aromatic nitrogens is 1. The summed E-state index contributed by atoms with van der Waals surface area (Å²) in [7, 11) is 4.70. The average Bonchev–Trinajstić information content (AvgIpc) is 4.08. The smallest absolute Gasteiger partial charge is 0.415 e. The van der Waals surface area contributed by atoms with Gasteiger partial charge in [0.1, 0.15) is 17.7 Å².